The first-order chi connectivity index (χ1) is 7.38. The predicted octanol–water partition coefficient (Wildman–Crippen LogP) is 1.32. The number of hydrogen-bond acceptors (Lipinski definition) is 3. The van der Waals surface area contributed by atoms with Crippen LogP contribution in [0.2, 0.25) is 0 Å². The molecule has 80 valence electrons. The second-order valence-electron chi connectivity index (χ2n) is 4.20. The standard InChI is InChI=1S/C12H15NO2/c14-8-9-6-10-2-1-3-13-4-5-15-11(7-9)12(10)13/h6-7,14H,1-5,8H2. The molecule has 2 aliphatic heterocycles. The van der Waals surface area contributed by atoms with Crippen LogP contribution in [0.1, 0.15) is 17.5 Å². The van der Waals surface area contributed by atoms with Gasteiger partial charge in [-0.15, -0.1) is 0 Å². The van der Waals surface area contributed by atoms with Gasteiger partial charge in [0.15, 0.2) is 0 Å². The van der Waals surface area contributed by atoms with Crippen molar-refractivity contribution in [1.82, 2.24) is 0 Å². The lowest BCUT2D eigenvalue weighted by atomic mass is 9.97. The summed E-state index contributed by atoms with van der Waals surface area (Å²) in [7, 11) is 0. The Balaban J connectivity index is 2.15. The van der Waals surface area contributed by atoms with Crippen LogP contribution in [0.4, 0.5) is 5.69 Å². The monoisotopic (exact) mass is 205 g/mol. The summed E-state index contributed by atoms with van der Waals surface area (Å²) in [6.45, 7) is 3.01. The summed E-state index contributed by atoms with van der Waals surface area (Å²) in [5.41, 5.74) is 3.57. The van der Waals surface area contributed by atoms with Crippen molar-refractivity contribution in [3.05, 3.63) is 23.3 Å². The molecule has 1 aromatic rings. The smallest absolute Gasteiger partial charge is 0.143 e. The van der Waals surface area contributed by atoms with Gasteiger partial charge in [0.05, 0.1) is 18.8 Å². The molecule has 0 radical (unpaired) electrons. The number of ether oxygens (including phenoxy) is 1. The Morgan fingerprint density at radius 3 is 3.13 bits per heavy atom. The molecular weight excluding hydrogens is 190 g/mol. The van der Waals surface area contributed by atoms with Gasteiger partial charge < -0.3 is 14.7 Å². The molecule has 2 aliphatic rings. The average molecular weight is 205 g/mol. The summed E-state index contributed by atoms with van der Waals surface area (Å²) in [4.78, 5) is 2.40. The molecule has 3 heteroatoms. The van der Waals surface area contributed by atoms with Crippen molar-refractivity contribution in [3.63, 3.8) is 0 Å². The molecule has 0 amide bonds. The zero-order valence-electron chi connectivity index (χ0n) is 8.70. The van der Waals surface area contributed by atoms with E-state index >= 15 is 0 Å². The Morgan fingerprint density at radius 1 is 1.33 bits per heavy atom. The van der Waals surface area contributed by atoms with E-state index in [1.165, 1.54) is 17.7 Å². The van der Waals surface area contributed by atoms with Crippen molar-refractivity contribution in [2.75, 3.05) is 24.6 Å². The van der Waals surface area contributed by atoms with Crippen molar-refractivity contribution >= 4 is 5.69 Å². The van der Waals surface area contributed by atoms with E-state index in [1.807, 2.05) is 6.07 Å². The Kier molecular flexibility index (Phi) is 2.06. The van der Waals surface area contributed by atoms with Gasteiger partial charge in [-0.3, -0.25) is 0 Å². The highest BCUT2D eigenvalue weighted by Crippen LogP contribution is 2.39. The highest BCUT2D eigenvalue weighted by Gasteiger charge is 2.25. The molecule has 1 N–H and O–H groups in total. The molecule has 0 unspecified atom stereocenters. The second-order valence-corrected chi connectivity index (χ2v) is 4.20. The molecule has 0 fully saturated rings. The minimum atomic E-state index is 0.101. The summed E-state index contributed by atoms with van der Waals surface area (Å²) >= 11 is 0. The number of aliphatic hydroxyl groups is 1. The molecular formula is C12H15NO2. The van der Waals surface area contributed by atoms with Crippen LogP contribution in [-0.2, 0) is 13.0 Å². The van der Waals surface area contributed by atoms with Crippen LogP contribution >= 0.6 is 0 Å². The number of aryl methyl sites for hydroxylation is 1. The van der Waals surface area contributed by atoms with E-state index in [2.05, 4.69) is 11.0 Å². The van der Waals surface area contributed by atoms with Gasteiger partial charge in [-0.05, 0) is 30.0 Å². The van der Waals surface area contributed by atoms with Crippen LogP contribution in [-0.4, -0.2) is 24.8 Å². The largest absolute Gasteiger partial charge is 0.490 e. The molecule has 0 saturated heterocycles. The third kappa shape index (κ3) is 1.38. The van der Waals surface area contributed by atoms with Crippen LogP contribution in [0.5, 0.6) is 5.75 Å². The molecule has 15 heavy (non-hydrogen) atoms. The fourth-order valence-corrected chi connectivity index (χ4v) is 2.54. The van der Waals surface area contributed by atoms with Crippen LogP contribution < -0.4 is 9.64 Å². The van der Waals surface area contributed by atoms with E-state index < -0.39 is 0 Å². The van der Waals surface area contributed by atoms with Gasteiger partial charge in [-0.2, -0.15) is 0 Å². The van der Waals surface area contributed by atoms with E-state index in [-0.39, 0.29) is 6.61 Å². The Bertz CT molecular complexity index is 358. The van der Waals surface area contributed by atoms with Gasteiger partial charge in [0, 0.05) is 6.54 Å². The highest BCUT2D eigenvalue weighted by molar-refractivity contribution is 5.67. The van der Waals surface area contributed by atoms with E-state index in [0.717, 1.165) is 37.4 Å². The van der Waals surface area contributed by atoms with E-state index in [9.17, 15) is 5.11 Å². The number of benzene rings is 1. The number of rotatable bonds is 1. The first-order valence-electron chi connectivity index (χ1n) is 5.53. The zero-order chi connectivity index (χ0) is 10.3. The lowest BCUT2D eigenvalue weighted by molar-refractivity contribution is 0.277. The van der Waals surface area contributed by atoms with Crippen LogP contribution in [0.15, 0.2) is 12.1 Å². The maximum absolute atomic E-state index is 9.17. The Labute approximate surface area is 89.3 Å². The van der Waals surface area contributed by atoms with Crippen LogP contribution in [0.3, 0.4) is 0 Å². The molecule has 0 saturated carbocycles. The Morgan fingerprint density at radius 2 is 2.27 bits per heavy atom. The lowest BCUT2D eigenvalue weighted by Crippen LogP contribution is -2.37. The van der Waals surface area contributed by atoms with Crippen LogP contribution in [0.25, 0.3) is 0 Å². The molecule has 0 spiro atoms. The summed E-state index contributed by atoms with van der Waals surface area (Å²) in [5, 5.41) is 9.17. The van der Waals surface area contributed by atoms with Crippen molar-refractivity contribution in [1.29, 1.82) is 0 Å². The molecule has 0 bridgehead atoms. The fourth-order valence-electron chi connectivity index (χ4n) is 2.54. The number of nitrogens with zero attached hydrogens (tertiary/aromatic N) is 1. The predicted molar refractivity (Wildman–Crippen MR) is 58.4 cm³/mol. The van der Waals surface area contributed by atoms with E-state index in [0.29, 0.717) is 0 Å². The van der Waals surface area contributed by atoms with Crippen molar-refractivity contribution < 1.29 is 9.84 Å². The zero-order valence-corrected chi connectivity index (χ0v) is 8.70. The van der Waals surface area contributed by atoms with E-state index in [1.54, 1.807) is 0 Å². The van der Waals surface area contributed by atoms with Gasteiger partial charge in [-0.1, -0.05) is 6.07 Å². The minimum Gasteiger partial charge on any atom is -0.490 e. The van der Waals surface area contributed by atoms with E-state index in [4.69, 9.17) is 4.74 Å². The summed E-state index contributed by atoms with van der Waals surface area (Å²) < 4.78 is 5.66. The number of anilines is 1. The first-order valence-corrected chi connectivity index (χ1v) is 5.53. The molecule has 0 atom stereocenters. The molecule has 3 nitrogen and oxygen atoms in total. The minimum absolute atomic E-state index is 0.101. The molecule has 1 aromatic carbocycles. The first kappa shape index (κ1) is 9.04. The topological polar surface area (TPSA) is 32.7 Å². The molecule has 0 aliphatic carbocycles. The average Bonchev–Trinajstić information content (AvgIpc) is 2.29. The van der Waals surface area contributed by atoms with Gasteiger partial charge >= 0.3 is 0 Å². The summed E-state index contributed by atoms with van der Waals surface area (Å²) in [6.07, 6.45) is 2.32. The third-order valence-electron chi connectivity index (χ3n) is 3.21. The Hall–Kier alpha value is -1.22. The number of aliphatic hydroxyl groups excluding tert-OH is 1. The van der Waals surface area contributed by atoms with Gasteiger partial charge in [0.25, 0.3) is 0 Å². The van der Waals surface area contributed by atoms with Crippen LogP contribution in [0, 0.1) is 0 Å². The fraction of sp³-hybridized carbons (Fsp3) is 0.500. The summed E-state index contributed by atoms with van der Waals surface area (Å²) in [5.74, 6) is 0.961. The van der Waals surface area contributed by atoms with Gasteiger partial charge in [0.2, 0.25) is 0 Å². The molecule has 2 heterocycles. The number of hydrogen-bond donors (Lipinski definition) is 1. The summed E-state index contributed by atoms with van der Waals surface area (Å²) in [6, 6.07) is 4.08. The lowest BCUT2D eigenvalue weighted by Gasteiger charge is -2.36. The van der Waals surface area contributed by atoms with Crippen molar-refractivity contribution in [3.8, 4) is 5.75 Å². The highest BCUT2D eigenvalue weighted by atomic mass is 16.5. The maximum atomic E-state index is 9.17. The van der Waals surface area contributed by atoms with Gasteiger partial charge in [0.1, 0.15) is 12.4 Å². The quantitative estimate of drug-likeness (QED) is 0.750. The maximum Gasteiger partial charge on any atom is 0.143 e. The SMILES string of the molecule is OCc1cc2c3c(c1)OCCN3CCC2. The van der Waals surface area contributed by atoms with Gasteiger partial charge in [-0.25, -0.2) is 0 Å². The van der Waals surface area contributed by atoms with Crippen molar-refractivity contribution in [2.24, 2.45) is 0 Å². The second kappa shape index (κ2) is 3.42. The van der Waals surface area contributed by atoms with Crippen molar-refractivity contribution in [2.45, 2.75) is 19.4 Å². The third-order valence-corrected chi connectivity index (χ3v) is 3.21. The molecule has 0 aromatic heterocycles. The normalized spacial score (nSPS) is 18.3. The molecule has 3 rings (SSSR count).